The largest absolute Gasteiger partial charge is 0.481 e. The highest BCUT2D eigenvalue weighted by molar-refractivity contribution is 5.82. The first kappa shape index (κ1) is 16.2. The van der Waals surface area contributed by atoms with Gasteiger partial charge in [-0.25, -0.2) is 0 Å². The van der Waals surface area contributed by atoms with E-state index in [1.54, 1.807) is 7.11 Å². The fourth-order valence-corrected chi connectivity index (χ4v) is 2.85. The van der Waals surface area contributed by atoms with E-state index in [1.165, 1.54) is 0 Å². The summed E-state index contributed by atoms with van der Waals surface area (Å²) in [5.41, 5.74) is 0. The molecule has 2 rings (SSSR count). The molecule has 0 radical (unpaired) electrons. The van der Waals surface area contributed by atoms with Gasteiger partial charge in [0.15, 0.2) is 0 Å². The topological polar surface area (TPSA) is 88.1 Å². The van der Waals surface area contributed by atoms with Crippen LogP contribution in [0.3, 0.4) is 0 Å². The lowest BCUT2D eigenvalue weighted by molar-refractivity contribution is -0.139. The third-order valence-electron chi connectivity index (χ3n) is 4.15. The summed E-state index contributed by atoms with van der Waals surface area (Å²) in [6, 6.07) is -0.139. The SMILES string of the molecule is COC1CNC(C(=O)N2CCC(OCCC(=O)O)CC2)C1. The van der Waals surface area contributed by atoms with Gasteiger partial charge < -0.3 is 24.8 Å². The Morgan fingerprint density at radius 3 is 2.57 bits per heavy atom. The molecular weight excluding hydrogens is 276 g/mol. The average molecular weight is 300 g/mol. The molecule has 7 heteroatoms. The van der Waals surface area contributed by atoms with Gasteiger partial charge in [0.1, 0.15) is 0 Å². The molecule has 2 atom stereocenters. The Balaban J connectivity index is 1.68. The van der Waals surface area contributed by atoms with Crippen molar-refractivity contribution in [2.45, 2.75) is 43.9 Å². The number of aliphatic carboxylic acids is 1. The van der Waals surface area contributed by atoms with Crippen molar-refractivity contribution in [3.8, 4) is 0 Å². The highest BCUT2D eigenvalue weighted by Gasteiger charge is 2.33. The fraction of sp³-hybridized carbons (Fsp3) is 0.857. The van der Waals surface area contributed by atoms with Crippen molar-refractivity contribution in [2.24, 2.45) is 0 Å². The van der Waals surface area contributed by atoms with Crippen molar-refractivity contribution in [1.82, 2.24) is 10.2 Å². The van der Waals surface area contributed by atoms with Crippen molar-refractivity contribution >= 4 is 11.9 Å². The second kappa shape index (κ2) is 7.72. The van der Waals surface area contributed by atoms with Gasteiger partial charge in [-0.2, -0.15) is 0 Å². The lowest BCUT2D eigenvalue weighted by atomic mass is 10.1. The molecule has 0 aromatic heterocycles. The summed E-state index contributed by atoms with van der Waals surface area (Å²) in [6.07, 6.45) is 2.48. The summed E-state index contributed by atoms with van der Waals surface area (Å²) in [5, 5.41) is 11.8. The summed E-state index contributed by atoms with van der Waals surface area (Å²) in [4.78, 5) is 24.7. The maximum atomic E-state index is 12.4. The monoisotopic (exact) mass is 300 g/mol. The van der Waals surface area contributed by atoms with Crippen LogP contribution in [0.2, 0.25) is 0 Å². The molecule has 0 aromatic carbocycles. The standard InChI is InChI=1S/C14H24N2O5/c1-20-11-8-12(15-9-11)14(19)16-5-2-10(3-6-16)21-7-4-13(17)18/h10-12,15H,2-9H2,1H3,(H,17,18). The second-order valence-corrected chi connectivity index (χ2v) is 5.59. The molecule has 21 heavy (non-hydrogen) atoms. The number of hydrogen-bond acceptors (Lipinski definition) is 5. The van der Waals surface area contributed by atoms with Crippen LogP contribution in [-0.2, 0) is 19.1 Å². The summed E-state index contributed by atoms with van der Waals surface area (Å²) >= 11 is 0. The van der Waals surface area contributed by atoms with Gasteiger partial charge in [0.25, 0.3) is 0 Å². The molecule has 0 saturated carbocycles. The molecule has 0 aliphatic carbocycles. The van der Waals surface area contributed by atoms with E-state index in [0.29, 0.717) is 13.1 Å². The molecule has 7 nitrogen and oxygen atoms in total. The Labute approximate surface area is 124 Å². The molecule has 120 valence electrons. The van der Waals surface area contributed by atoms with E-state index in [9.17, 15) is 9.59 Å². The summed E-state index contributed by atoms with van der Waals surface area (Å²) in [7, 11) is 1.67. The average Bonchev–Trinajstić information content (AvgIpc) is 2.96. The first-order chi connectivity index (χ1) is 10.1. The number of methoxy groups -OCH3 is 1. The number of hydrogen-bond donors (Lipinski definition) is 2. The normalized spacial score (nSPS) is 27.0. The molecule has 0 aromatic rings. The van der Waals surface area contributed by atoms with Crippen molar-refractivity contribution in [3.63, 3.8) is 0 Å². The minimum atomic E-state index is -0.845. The van der Waals surface area contributed by atoms with Crippen LogP contribution in [0.25, 0.3) is 0 Å². The van der Waals surface area contributed by atoms with Crippen molar-refractivity contribution in [1.29, 1.82) is 0 Å². The number of piperidine rings is 1. The number of carbonyl (C=O) groups excluding carboxylic acids is 1. The molecule has 1 amide bonds. The van der Waals surface area contributed by atoms with E-state index in [0.717, 1.165) is 25.8 Å². The molecule has 2 aliphatic heterocycles. The Hall–Kier alpha value is -1.18. The highest BCUT2D eigenvalue weighted by atomic mass is 16.5. The van der Waals surface area contributed by atoms with Crippen LogP contribution in [0.15, 0.2) is 0 Å². The molecular formula is C14H24N2O5. The summed E-state index contributed by atoms with van der Waals surface area (Å²) < 4.78 is 10.8. The van der Waals surface area contributed by atoms with E-state index in [4.69, 9.17) is 14.6 Å². The predicted molar refractivity (Wildman–Crippen MR) is 75.0 cm³/mol. The van der Waals surface area contributed by atoms with E-state index < -0.39 is 5.97 Å². The molecule has 2 unspecified atom stereocenters. The minimum absolute atomic E-state index is 0.0313. The zero-order valence-corrected chi connectivity index (χ0v) is 12.4. The van der Waals surface area contributed by atoms with Crippen LogP contribution >= 0.6 is 0 Å². The van der Waals surface area contributed by atoms with Crippen LogP contribution in [0, 0.1) is 0 Å². The van der Waals surface area contributed by atoms with Gasteiger partial charge in [-0.1, -0.05) is 0 Å². The van der Waals surface area contributed by atoms with Gasteiger partial charge in [-0.05, 0) is 19.3 Å². The van der Waals surface area contributed by atoms with E-state index >= 15 is 0 Å². The minimum Gasteiger partial charge on any atom is -0.481 e. The second-order valence-electron chi connectivity index (χ2n) is 5.59. The Bertz CT molecular complexity index is 368. The van der Waals surface area contributed by atoms with Crippen LogP contribution in [0.1, 0.15) is 25.7 Å². The quantitative estimate of drug-likeness (QED) is 0.709. The molecule has 0 spiro atoms. The number of ether oxygens (including phenoxy) is 2. The Morgan fingerprint density at radius 1 is 1.29 bits per heavy atom. The molecule has 2 saturated heterocycles. The van der Waals surface area contributed by atoms with Gasteiger partial charge in [0, 0.05) is 26.7 Å². The van der Waals surface area contributed by atoms with Crippen LogP contribution in [0.5, 0.6) is 0 Å². The van der Waals surface area contributed by atoms with Crippen molar-refractivity contribution < 1.29 is 24.2 Å². The number of likely N-dealkylation sites (tertiary alicyclic amines) is 1. The fourth-order valence-electron chi connectivity index (χ4n) is 2.85. The predicted octanol–water partition coefficient (Wildman–Crippen LogP) is -0.154. The van der Waals surface area contributed by atoms with E-state index in [1.807, 2.05) is 4.90 Å². The number of nitrogens with zero attached hydrogens (tertiary/aromatic N) is 1. The van der Waals surface area contributed by atoms with E-state index in [2.05, 4.69) is 5.32 Å². The summed E-state index contributed by atoms with van der Waals surface area (Å²) in [6.45, 7) is 2.31. The van der Waals surface area contributed by atoms with Crippen LogP contribution < -0.4 is 5.32 Å². The molecule has 0 bridgehead atoms. The number of carboxylic acid groups (broad SMARTS) is 1. The van der Waals surface area contributed by atoms with Gasteiger partial charge >= 0.3 is 5.97 Å². The number of nitrogens with one attached hydrogen (secondary N) is 1. The number of carboxylic acids is 1. The van der Waals surface area contributed by atoms with Crippen LogP contribution in [-0.4, -0.2) is 73.5 Å². The zero-order valence-electron chi connectivity index (χ0n) is 12.4. The third kappa shape index (κ3) is 4.66. The maximum absolute atomic E-state index is 12.4. The maximum Gasteiger partial charge on any atom is 0.305 e. The third-order valence-corrected chi connectivity index (χ3v) is 4.15. The van der Waals surface area contributed by atoms with Gasteiger partial charge in [0.05, 0.1) is 31.3 Å². The van der Waals surface area contributed by atoms with Crippen molar-refractivity contribution in [2.75, 3.05) is 33.4 Å². The Morgan fingerprint density at radius 2 is 2.00 bits per heavy atom. The number of rotatable bonds is 6. The lowest BCUT2D eigenvalue weighted by Crippen LogP contribution is -2.48. The van der Waals surface area contributed by atoms with Gasteiger partial charge in [0.2, 0.25) is 5.91 Å². The lowest BCUT2D eigenvalue weighted by Gasteiger charge is -2.33. The summed E-state index contributed by atoms with van der Waals surface area (Å²) in [5.74, 6) is -0.707. The molecule has 2 N–H and O–H groups in total. The molecule has 2 heterocycles. The Kier molecular flexibility index (Phi) is 5.96. The molecule has 2 fully saturated rings. The van der Waals surface area contributed by atoms with Crippen molar-refractivity contribution in [3.05, 3.63) is 0 Å². The molecule has 2 aliphatic rings. The first-order valence-corrected chi connectivity index (χ1v) is 7.48. The smallest absolute Gasteiger partial charge is 0.305 e. The first-order valence-electron chi connectivity index (χ1n) is 7.48. The van der Waals surface area contributed by atoms with Crippen LogP contribution in [0.4, 0.5) is 0 Å². The van der Waals surface area contributed by atoms with Gasteiger partial charge in [-0.15, -0.1) is 0 Å². The number of carbonyl (C=O) groups is 2. The van der Waals surface area contributed by atoms with E-state index in [-0.39, 0.29) is 37.2 Å². The van der Waals surface area contributed by atoms with Gasteiger partial charge in [-0.3, -0.25) is 9.59 Å². The zero-order chi connectivity index (χ0) is 15.2. The number of amides is 1. The highest BCUT2D eigenvalue weighted by Crippen LogP contribution is 2.18.